The van der Waals surface area contributed by atoms with Crippen molar-refractivity contribution in [2.75, 3.05) is 11.9 Å². The van der Waals surface area contributed by atoms with Gasteiger partial charge in [0, 0.05) is 12.4 Å². The van der Waals surface area contributed by atoms with Gasteiger partial charge in [0.15, 0.2) is 0 Å². The molecule has 1 aromatic heterocycles. The first kappa shape index (κ1) is 6.56. The summed E-state index contributed by atoms with van der Waals surface area (Å²) in [7, 11) is 0. The van der Waals surface area contributed by atoms with Crippen molar-refractivity contribution in [3.05, 3.63) is 24.5 Å². The molecule has 0 aliphatic rings. The molecule has 1 aromatic rings. The molecular weight excluding hydrogens is 126 g/mol. The van der Waals surface area contributed by atoms with Crippen molar-refractivity contribution in [2.24, 2.45) is 0 Å². The minimum Gasteiger partial charge on any atom is -0.371 e. The second-order valence-corrected chi connectivity index (χ2v) is 1.75. The van der Waals surface area contributed by atoms with Crippen LogP contribution in [0.2, 0.25) is 0 Å². The third kappa shape index (κ3) is 1.75. The molecule has 50 valence electrons. The Bertz CT molecular complexity index is 224. The van der Waals surface area contributed by atoms with Crippen molar-refractivity contribution in [3.8, 4) is 6.07 Å². The summed E-state index contributed by atoms with van der Waals surface area (Å²) in [5.74, 6) is 0. The number of nitrogens with zero attached hydrogens (tertiary/aromatic N) is 2. The molecule has 0 atom stereocenters. The molecule has 3 heteroatoms. The van der Waals surface area contributed by atoms with Crippen molar-refractivity contribution in [3.63, 3.8) is 0 Å². The fourth-order valence-electron chi connectivity index (χ4n) is 0.609. The summed E-state index contributed by atoms with van der Waals surface area (Å²) < 4.78 is 0. The van der Waals surface area contributed by atoms with Gasteiger partial charge in [0.1, 0.15) is 6.54 Å². The van der Waals surface area contributed by atoms with Crippen molar-refractivity contribution in [2.45, 2.75) is 0 Å². The molecule has 0 unspecified atom stereocenters. The molecule has 0 radical (unpaired) electrons. The molecule has 0 spiro atoms. The van der Waals surface area contributed by atoms with E-state index in [0.717, 1.165) is 5.69 Å². The Kier molecular flexibility index (Phi) is 2.27. The topological polar surface area (TPSA) is 48.7 Å². The SMILES string of the molecule is N#CCNc1cccnc1. The van der Waals surface area contributed by atoms with Crippen LogP contribution in [0.15, 0.2) is 24.5 Å². The third-order valence-electron chi connectivity index (χ3n) is 1.03. The summed E-state index contributed by atoms with van der Waals surface area (Å²) in [5.41, 5.74) is 0.879. The van der Waals surface area contributed by atoms with E-state index in [4.69, 9.17) is 5.26 Å². The number of aromatic nitrogens is 1. The van der Waals surface area contributed by atoms with Crippen molar-refractivity contribution < 1.29 is 0 Å². The molecule has 0 fully saturated rings. The lowest BCUT2D eigenvalue weighted by Crippen LogP contribution is -1.97. The second kappa shape index (κ2) is 3.46. The molecule has 1 N–H and O–H groups in total. The van der Waals surface area contributed by atoms with E-state index < -0.39 is 0 Å². The minimum absolute atomic E-state index is 0.325. The highest BCUT2D eigenvalue weighted by Gasteiger charge is 1.85. The van der Waals surface area contributed by atoms with E-state index in [1.165, 1.54) is 0 Å². The van der Waals surface area contributed by atoms with Gasteiger partial charge in [-0.05, 0) is 12.1 Å². The van der Waals surface area contributed by atoms with Crippen LogP contribution in [0.25, 0.3) is 0 Å². The molecule has 0 aliphatic carbocycles. The van der Waals surface area contributed by atoms with Crippen LogP contribution in [0.5, 0.6) is 0 Å². The van der Waals surface area contributed by atoms with Gasteiger partial charge >= 0.3 is 0 Å². The Morgan fingerprint density at radius 2 is 2.60 bits per heavy atom. The average Bonchev–Trinajstić information content (AvgIpc) is 2.03. The first-order valence-electron chi connectivity index (χ1n) is 2.94. The van der Waals surface area contributed by atoms with Crippen LogP contribution in [0, 0.1) is 11.3 Å². The number of pyridine rings is 1. The number of nitrogens with one attached hydrogen (secondary N) is 1. The molecule has 1 heterocycles. The second-order valence-electron chi connectivity index (χ2n) is 1.75. The Hall–Kier alpha value is -1.56. The van der Waals surface area contributed by atoms with Gasteiger partial charge in [-0.15, -0.1) is 0 Å². The zero-order valence-corrected chi connectivity index (χ0v) is 5.41. The maximum atomic E-state index is 8.19. The Morgan fingerprint density at radius 3 is 3.20 bits per heavy atom. The molecule has 0 saturated carbocycles. The van der Waals surface area contributed by atoms with Gasteiger partial charge in [0.25, 0.3) is 0 Å². The molecule has 10 heavy (non-hydrogen) atoms. The lowest BCUT2D eigenvalue weighted by molar-refractivity contribution is 1.26. The standard InChI is InChI=1S/C7H7N3/c8-3-5-10-7-2-1-4-9-6-7/h1-2,4,6,10H,5H2. The molecule has 1 rings (SSSR count). The van der Waals surface area contributed by atoms with Crippen LogP contribution in [-0.4, -0.2) is 11.5 Å². The number of nitriles is 1. The summed E-state index contributed by atoms with van der Waals surface area (Å²) in [6, 6.07) is 5.66. The highest BCUT2D eigenvalue weighted by Crippen LogP contribution is 2.00. The molecule has 0 aliphatic heterocycles. The minimum atomic E-state index is 0.325. The zero-order valence-electron chi connectivity index (χ0n) is 5.41. The Labute approximate surface area is 59.3 Å². The number of rotatable bonds is 2. The maximum Gasteiger partial charge on any atom is 0.103 e. The van der Waals surface area contributed by atoms with E-state index >= 15 is 0 Å². The average molecular weight is 133 g/mol. The summed E-state index contributed by atoms with van der Waals surface area (Å²) in [4.78, 5) is 3.87. The Balaban J connectivity index is 2.52. The van der Waals surface area contributed by atoms with Gasteiger partial charge in [0.2, 0.25) is 0 Å². The molecule has 0 bridgehead atoms. The van der Waals surface area contributed by atoms with Crippen LogP contribution in [0.1, 0.15) is 0 Å². The van der Waals surface area contributed by atoms with Gasteiger partial charge < -0.3 is 5.32 Å². The lowest BCUT2D eigenvalue weighted by atomic mass is 10.4. The first-order chi connectivity index (χ1) is 4.93. The smallest absolute Gasteiger partial charge is 0.103 e. The summed E-state index contributed by atoms with van der Waals surface area (Å²) >= 11 is 0. The summed E-state index contributed by atoms with van der Waals surface area (Å²) in [5, 5.41) is 11.1. The quantitative estimate of drug-likeness (QED) is 0.612. The summed E-state index contributed by atoms with van der Waals surface area (Å²) in [6.07, 6.45) is 3.37. The van der Waals surface area contributed by atoms with Crippen molar-refractivity contribution >= 4 is 5.69 Å². The van der Waals surface area contributed by atoms with Crippen LogP contribution in [0.3, 0.4) is 0 Å². The van der Waals surface area contributed by atoms with Crippen molar-refractivity contribution in [1.82, 2.24) is 4.98 Å². The predicted octanol–water partition coefficient (Wildman–Crippen LogP) is 1.02. The first-order valence-corrected chi connectivity index (χ1v) is 2.94. The highest BCUT2D eigenvalue weighted by molar-refractivity contribution is 5.40. The van der Waals surface area contributed by atoms with Crippen LogP contribution < -0.4 is 5.32 Å². The van der Waals surface area contributed by atoms with Crippen LogP contribution in [0.4, 0.5) is 5.69 Å². The molecule has 0 amide bonds. The largest absolute Gasteiger partial charge is 0.371 e. The maximum absolute atomic E-state index is 8.19. The third-order valence-corrected chi connectivity index (χ3v) is 1.03. The van der Waals surface area contributed by atoms with E-state index in [-0.39, 0.29) is 0 Å². The van der Waals surface area contributed by atoms with E-state index in [0.29, 0.717) is 6.54 Å². The van der Waals surface area contributed by atoms with Crippen LogP contribution >= 0.6 is 0 Å². The van der Waals surface area contributed by atoms with E-state index in [2.05, 4.69) is 10.3 Å². The summed E-state index contributed by atoms with van der Waals surface area (Å²) in [6.45, 7) is 0.325. The molecular formula is C7H7N3. The van der Waals surface area contributed by atoms with Gasteiger partial charge in [-0.3, -0.25) is 4.98 Å². The van der Waals surface area contributed by atoms with Crippen LogP contribution in [-0.2, 0) is 0 Å². The molecule has 3 nitrogen and oxygen atoms in total. The number of hydrogen-bond acceptors (Lipinski definition) is 3. The fourth-order valence-corrected chi connectivity index (χ4v) is 0.609. The predicted molar refractivity (Wildman–Crippen MR) is 38.3 cm³/mol. The highest BCUT2D eigenvalue weighted by atomic mass is 14.9. The van der Waals surface area contributed by atoms with E-state index in [1.54, 1.807) is 12.4 Å². The molecule has 0 saturated heterocycles. The number of anilines is 1. The number of hydrogen-bond donors (Lipinski definition) is 1. The lowest BCUT2D eigenvalue weighted by Gasteiger charge is -1.97. The van der Waals surface area contributed by atoms with E-state index in [1.807, 2.05) is 18.2 Å². The van der Waals surface area contributed by atoms with Gasteiger partial charge in [-0.2, -0.15) is 5.26 Å². The Morgan fingerprint density at radius 1 is 1.70 bits per heavy atom. The van der Waals surface area contributed by atoms with Gasteiger partial charge in [0.05, 0.1) is 11.8 Å². The van der Waals surface area contributed by atoms with Crippen molar-refractivity contribution in [1.29, 1.82) is 5.26 Å². The molecule has 0 aromatic carbocycles. The zero-order chi connectivity index (χ0) is 7.23. The van der Waals surface area contributed by atoms with Gasteiger partial charge in [-0.25, -0.2) is 0 Å². The monoisotopic (exact) mass is 133 g/mol. The van der Waals surface area contributed by atoms with Gasteiger partial charge in [-0.1, -0.05) is 0 Å². The normalized spacial score (nSPS) is 8.30. The van der Waals surface area contributed by atoms with E-state index in [9.17, 15) is 0 Å². The fraction of sp³-hybridized carbons (Fsp3) is 0.143.